The standard InChI is InChI=1S/C12H16O2/c1-4-5-10-8-11(14-9(2)3)6-7-12(10)13/h4-9,13H,1-3H3/b5-4+. The normalized spacial score (nSPS) is 11.1. The Hall–Kier alpha value is -1.44. The molecular weight excluding hydrogens is 176 g/mol. The van der Waals surface area contributed by atoms with Crippen molar-refractivity contribution in [1.29, 1.82) is 0 Å². The zero-order valence-corrected chi connectivity index (χ0v) is 8.82. The zero-order chi connectivity index (χ0) is 10.6. The Morgan fingerprint density at radius 3 is 2.64 bits per heavy atom. The zero-order valence-electron chi connectivity index (χ0n) is 8.82. The first-order valence-electron chi connectivity index (χ1n) is 4.76. The Morgan fingerprint density at radius 2 is 2.07 bits per heavy atom. The molecule has 0 aliphatic heterocycles. The maximum atomic E-state index is 9.49. The molecule has 76 valence electrons. The fourth-order valence-corrected chi connectivity index (χ4v) is 1.19. The number of allylic oxidation sites excluding steroid dienone is 1. The van der Waals surface area contributed by atoms with Crippen LogP contribution in [0.3, 0.4) is 0 Å². The smallest absolute Gasteiger partial charge is 0.123 e. The summed E-state index contributed by atoms with van der Waals surface area (Å²) in [6.45, 7) is 5.86. The maximum Gasteiger partial charge on any atom is 0.123 e. The topological polar surface area (TPSA) is 29.5 Å². The van der Waals surface area contributed by atoms with Gasteiger partial charge in [0.25, 0.3) is 0 Å². The third-order valence-electron chi connectivity index (χ3n) is 1.72. The van der Waals surface area contributed by atoms with Crippen molar-refractivity contribution in [1.82, 2.24) is 0 Å². The molecule has 2 nitrogen and oxygen atoms in total. The van der Waals surface area contributed by atoms with E-state index in [1.807, 2.05) is 39.0 Å². The van der Waals surface area contributed by atoms with E-state index >= 15 is 0 Å². The van der Waals surface area contributed by atoms with Gasteiger partial charge in [0.1, 0.15) is 11.5 Å². The highest BCUT2D eigenvalue weighted by molar-refractivity contribution is 5.58. The van der Waals surface area contributed by atoms with Crippen molar-refractivity contribution in [3.63, 3.8) is 0 Å². The monoisotopic (exact) mass is 192 g/mol. The summed E-state index contributed by atoms with van der Waals surface area (Å²) < 4.78 is 5.51. The SMILES string of the molecule is C/C=C/c1cc(OC(C)C)ccc1O. The van der Waals surface area contributed by atoms with Crippen LogP contribution in [-0.4, -0.2) is 11.2 Å². The predicted octanol–water partition coefficient (Wildman–Crippen LogP) is 3.21. The van der Waals surface area contributed by atoms with E-state index in [9.17, 15) is 5.11 Å². The van der Waals surface area contributed by atoms with Gasteiger partial charge in [0.15, 0.2) is 0 Å². The fraction of sp³-hybridized carbons (Fsp3) is 0.333. The molecule has 14 heavy (non-hydrogen) atoms. The van der Waals surface area contributed by atoms with E-state index in [0.717, 1.165) is 11.3 Å². The molecule has 0 saturated heterocycles. The summed E-state index contributed by atoms with van der Waals surface area (Å²) in [5, 5.41) is 9.49. The number of rotatable bonds is 3. The number of ether oxygens (including phenoxy) is 1. The van der Waals surface area contributed by atoms with Gasteiger partial charge < -0.3 is 9.84 Å². The highest BCUT2D eigenvalue weighted by Gasteiger charge is 2.01. The van der Waals surface area contributed by atoms with Crippen LogP contribution < -0.4 is 4.74 Å². The molecule has 2 heteroatoms. The average molecular weight is 192 g/mol. The van der Waals surface area contributed by atoms with Crippen molar-refractivity contribution in [3.8, 4) is 11.5 Å². The molecule has 1 rings (SSSR count). The first-order chi connectivity index (χ1) is 6.63. The first-order valence-corrected chi connectivity index (χ1v) is 4.76. The highest BCUT2D eigenvalue weighted by Crippen LogP contribution is 2.24. The Kier molecular flexibility index (Phi) is 3.57. The van der Waals surface area contributed by atoms with Crippen LogP contribution in [0.25, 0.3) is 6.08 Å². The third-order valence-corrected chi connectivity index (χ3v) is 1.72. The van der Waals surface area contributed by atoms with E-state index < -0.39 is 0 Å². The Bertz CT molecular complexity index is 327. The van der Waals surface area contributed by atoms with Gasteiger partial charge in [-0.2, -0.15) is 0 Å². The Balaban J connectivity index is 2.94. The fourth-order valence-electron chi connectivity index (χ4n) is 1.19. The van der Waals surface area contributed by atoms with Gasteiger partial charge in [0, 0.05) is 5.56 Å². The summed E-state index contributed by atoms with van der Waals surface area (Å²) in [5.41, 5.74) is 0.783. The molecule has 0 bridgehead atoms. The summed E-state index contributed by atoms with van der Waals surface area (Å²) in [5.74, 6) is 1.06. The molecule has 0 heterocycles. The predicted molar refractivity (Wildman–Crippen MR) is 58.6 cm³/mol. The molecule has 1 N–H and O–H groups in total. The second kappa shape index (κ2) is 4.70. The van der Waals surface area contributed by atoms with E-state index in [1.54, 1.807) is 12.1 Å². The molecule has 0 radical (unpaired) electrons. The van der Waals surface area contributed by atoms with Crippen LogP contribution in [0, 0.1) is 0 Å². The lowest BCUT2D eigenvalue weighted by Gasteiger charge is -2.10. The lowest BCUT2D eigenvalue weighted by Crippen LogP contribution is -2.05. The molecule has 0 unspecified atom stereocenters. The molecule has 0 fully saturated rings. The lowest BCUT2D eigenvalue weighted by atomic mass is 10.2. The van der Waals surface area contributed by atoms with Gasteiger partial charge in [0.05, 0.1) is 6.10 Å². The number of hydrogen-bond acceptors (Lipinski definition) is 2. The van der Waals surface area contributed by atoms with Gasteiger partial charge in [-0.05, 0) is 39.0 Å². The van der Waals surface area contributed by atoms with Crippen LogP contribution in [0.1, 0.15) is 26.3 Å². The van der Waals surface area contributed by atoms with Crippen LogP contribution in [-0.2, 0) is 0 Å². The van der Waals surface area contributed by atoms with Gasteiger partial charge in [-0.15, -0.1) is 0 Å². The molecule has 0 atom stereocenters. The van der Waals surface area contributed by atoms with Gasteiger partial charge in [-0.1, -0.05) is 12.2 Å². The van der Waals surface area contributed by atoms with E-state index in [2.05, 4.69) is 0 Å². The molecule has 1 aromatic rings. The number of phenolic OH excluding ortho intramolecular Hbond substituents is 1. The average Bonchev–Trinajstić information content (AvgIpc) is 2.10. The molecule has 0 saturated carbocycles. The summed E-state index contributed by atoms with van der Waals surface area (Å²) in [7, 11) is 0. The molecule has 0 aromatic heterocycles. The van der Waals surface area contributed by atoms with Crippen LogP contribution >= 0.6 is 0 Å². The molecule has 0 aliphatic carbocycles. The number of aromatic hydroxyl groups is 1. The minimum absolute atomic E-state index is 0.151. The highest BCUT2D eigenvalue weighted by atomic mass is 16.5. The van der Waals surface area contributed by atoms with Crippen LogP contribution in [0.5, 0.6) is 11.5 Å². The van der Waals surface area contributed by atoms with Gasteiger partial charge >= 0.3 is 0 Å². The molecule has 1 aromatic carbocycles. The minimum atomic E-state index is 0.151. The number of hydrogen-bond donors (Lipinski definition) is 1. The van der Waals surface area contributed by atoms with E-state index in [1.165, 1.54) is 0 Å². The van der Waals surface area contributed by atoms with Crippen molar-refractivity contribution in [2.75, 3.05) is 0 Å². The number of phenols is 1. The van der Waals surface area contributed by atoms with Crippen molar-refractivity contribution >= 4 is 6.08 Å². The largest absolute Gasteiger partial charge is 0.507 e. The summed E-state index contributed by atoms with van der Waals surface area (Å²) in [6, 6.07) is 5.24. The van der Waals surface area contributed by atoms with Crippen LogP contribution in [0.15, 0.2) is 24.3 Å². The Morgan fingerprint density at radius 1 is 1.36 bits per heavy atom. The Labute approximate surface area is 84.8 Å². The third kappa shape index (κ3) is 2.80. The minimum Gasteiger partial charge on any atom is -0.507 e. The molecule has 0 amide bonds. The molecule has 0 aliphatic rings. The van der Waals surface area contributed by atoms with Crippen molar-refractivity contribution < 1.29 is 9.84 Å². The second-order valence-corrected chi connectivity index (χ2v) is 3.39. The van der Waals surface area contributed by atoms with Crippen molar-refractivity contribution in [2.24, 2.45) is 0 Å². The molecule has 0 spiro atoms. The van der Waals surface area contributed by atoms with Gasteiger partial charge in [-0.25, -0.2) is 0 Å². The van der Waals surface area contributed by atoms with E-state index in [-0.39, 0.29) is 11.9 Å². The molecular formula is C12H16O2. The quantitative estimate of drug-likeness (QED) is 0.796. The van der Waals surface area contributed by atoms with Crippen LogP contribution in [0.2, 0.25) is 0 Å². The summed E-state index contributed by atoms with van der Waals surface area (Å²) in [6.07, 6.45) is 3.88. The van der Waals surface area contributed by atoms with Crippen molar-refractivity contribution in [3.05, 3.63) is 29.8 Å². The summed E-state index contributed by atoms with van der Waals surface area (Å²) in [4.78, 5) is 0. The lowest BCUT2D eigenvalue weighted by molar-refractivity contribution is 0.242. The maximum absolute atomic E-state index is 9.49. The first kappa shape index (κ1) is 10.6. The van der Waals surface area contributed by atoms with Gasteiger partial charge in [-0.3, -0.25) is 0 Å². The van der Waals surface area contributed by atoms with E-state index in [0.29, 0.717) is 0 Å². The van der Waals surface area contributed by atoms with Crippen molar-refractivity contribution in [2.45, 2.75) is 26.9 Å². The van der Waals surface area contributed by atoms with E-state index in [4.69, 9.17) is 4.74 Å². The van der Waals surface area contributed by atoms with Gasteiger partial charge in [0.2, 0.25) is 0 Å². The van der Waals surface area contributed by atoms with Crippen LogP contribution in [0.4, 0.5) is 0 Å². The number of benzene rings is 1. The summed E-state index contributed by atoms with van der Waals surface area (Å²) >= 11 is 0. The second-order valence-electron chi connectivity index (χ2n) is 3.39.